The molecule has 0 aromatic rings. The minimum atomic E-state index is -0.301. The molecule has 0 heterocycles. The maximum Gasteiger partial charge on any atom is 0.144 e. The van der Waals surface area contributed by atoms with Gasteiger partial charge in [-0.3, -0.25) is 0 Å². The van der Waals surface area contributed by atoms with Crippen LogP contribution in [0.1, 0.15) is 33.1 Å². The lowest BCUT2D eigenvalue weighted by molar-refractivity contribution is 0.148. The number of oxime groups is 1. The zero-order chi connectivity index (χ0) is 14.0. The zero-order valence-corrected chi connectivity index (χ0v) is 11.6. The fourth-order valence-corrected chi connectivity index (χ4v) is 1.70. The number of methoxy groups -OCH3 is 1. The van der Waals surface area contributed by atoms with E-state index < -0.39 is 0 Å². The molecule has 0 amide bonds. The lowest BCUT2D eigenvalue weighted by atomic mass is 9.86. The summed E-state index contributed by atoms with van der Waals surface area (Å²) in [5, 5.41) is 23.9. The molecule has 5 N–H and O–H groups in total. The minimum Gasteiger partial charge on any atom is -0.409 e. The number of aliphatic hydroxyl groups excluding tert-OH is 1. The van der Waals surface area contributed by atoms with E-state index in [1.54, 1.807) is 7.11 Å². The highest BCUT2D eigenvalue weighted by Crippen LogP contribution is 2.21. The van der Waals surface area contributed by atoms with E-state index in [4.69, 9.17) is 20.8 Å². The normalized spacial score (nSPS) is 14.8. The summed E-state index contributed by atoms with van der Waals surface area (Å²) in [6.45, 7) is 5.45. The Hall–Kier alpha value is -0.850. The summed E-state index contributed by atoms with van der Waals surface area (Å²) in [5.74, 6) is 0.256. The zero-order valence-electron chi connectivity index (χ0n) is 11.6. The van der Waals surface area contributed by atoms with Crippen LogP contribution in [0.3, 0.4) is 0 Å². The Bertz CT molecular complexity index is 239. The Labute approximate surface area is 109 Å². The van der Waals surface area contributed by atoms with Crippen molar-refractivity contribution in [2.24, 2.45) is 16.3 Å². The molecule has 0 spiro atoms. The standard InChI is InChI=1S/C12H27N3O3/c1-12(2,11(13)15-17)6-4-7-14-10(5-8-16)9-18-3/h10,14,16-17H,4-9H2,1-3H3,(H2,13,15). The van der Waals surface area contributed by atoms with E-state index in [0.29, 0.717) is 13.0 Å². The van der Waals surface area contributed by atoms with Crippen molar-refractivity contribution in [1.82, 2.24) is 5.32 Å². The van der Waals surface area contributed by atoms with E-state index in [1.807, 2.05) is 13.8 Å². The third-order valence-corrected chi connectivity index (χ3v) is 3.06. The van der Waals surface area contributed by atoms with Crippen LogP contribution >= 0.6 is 0 Å². The SMILES string of the molecule is COCC(CCO)NCCCC(C)(C)C(N)=NO. The van der Waals surface area contributed by atoms with Gasteiger partial charge in [0.2, 0.25) is 0 Å². The molecule has 0 aliphatic carbocycles. The number of nitrogens with zero attached hydrogens (tertiary/aromatic N) is 1. The maximum absolute atomic E-state index is 8.90. The number of rotatable bonds is 10. The van der Waals surface area contributed by atoms with Crippen LogP contribution in [0, 0.1) is 5.41 Å². The molecule has 0 aliphatic rings. The number of aliphatic hydroxyl groups is 1. The second-order valence-corrected chi connectivity index (χ2v) is 5.09. The van der Waals surface area contributed by atoms with Gasteiger partial charge in [0.15, 0.2) is 0 Å². The van der Waals surface area contributed by atoms with Crippen LogP contribution in [0.5, 0.6) is 0 Å². The van der Waals surface area contributed by atoms with Crippen LogP contribution in [-0.2, 0) is 4.74 Å². The van der Waals surface area contributed by atoms with Crippen LogP contribution in [-0.4, -0.2) is 49.1 Å². The fourth-order valence-electron chi connectivity index (χ4n) is 1.70. The smallest absolute Gasteiger partial charge is 0.144 e. The molecular weight excluding hydrogens is 234 g/mol. The molecule has 0 aromatic heterocycles. The van der Waals surface area contributed by atoms with Crippen molar-refractivity contribution in [3.8, 4) is 0 Å². The lowest BCUT2D eigenvalue weighted by Crippen LogP contribution is -2.36. The Kier molecular flexibility index (Phi) is 8.70. The molecule has 0 fully saturated rings. The van der Waals surface area contributed by atoms with E-state index >= 15 is 0 Å². The molecule has 0 saturated carbocycles. The molecule has 18 heavy (non-hydrogen) atoms. The number of hydrogen-bond acceptors (Lipinski definition) is 5. The number of hydrogen-bond donors (Lipinski definition) is 4. The van der Waals surface area contributed by atoms with Gasteiger partial charge in [-0.05, 0) is 25.8 Å². The van der Waals surface area contributed by atoms with Crippen molar-refractivity contribution in [3.63, 3.8) is 0 Å². The van der Waals surface area contributed by atoms with Gasteiger partial charge in [0.25, 0.3) is 0 Å². The average Bonchev–Trinajstić information content (AvgIpc) is 2.34. The van der Waals surface area contributed by atoms with Gasteiger partial charge in [0.05, 0.1) is 6.61 Å². The van der Waals surface area contributed by atoms with Gasteiger partial charge in [0, 0.05) is 25.2 Å². The predicted molar refractivity (Wildman–Crippen MR) is 71.8 cm³/mol. The van der Waals surface area contributed by atoms with Crippen LogP contribution < -0.4 is 11.1 Å². The maximum atomic E-state index is 8.90. The Balaban J connectivity index is 3.90. The monoisotopic (exact) mass is 261 g/mol. The van der Waals surface area contributed by atoms with Crippen molar-refractivity contribution in [1.29, 1.82) is 0 Å². The van der Waals surface area contributed by atoms with Gasteiger partial charge < -0.3 is 26.1 Å². The first kappa shape index (κ1) is 17.2. The first-order valence-electron chi connectivity index (χ1n) is 6.29. The van der Waals surface area contributed by atoms with Gasteiger partial charge in [-0.15, -0.1) is 0 Å². The molecule has 1 unspecified atom stereocenters. The molecule has 6 nitrogen and oxygen atoms in total. The highest BCUT2D eigenvalue weighted by molar-refractivity contribution is 5.85. The molecule has 108 valence electrons. The van der Waals surface area contributed by atoms with E-state index in [1.165, 1.54) is 0 Å². The van der Waals surface area contributed by atoms with Gasteiger partial charge in [-0.25, -0.2) is 0 Å². The van der Waals surface area contributed by atoms with Crippen LogP contribution in [0.2, 0.25) is 0 Å². The summed E-state index contributed by atoms with van der Waals surface area (Å²) in [6.07, 6.45) is 2.42. The molecule has 0 rings (SSSR count). The van der Waals surface area contributed by atoms with E-state index in [2.05, 4.69) is 10.5 Å². The van der Waals surface area contributed by atoms with Gasteiger partial charge in [0.1, 0.15) is 5.84 Å². The first-order chi connectivity index (χ1) is 8.47. The van der Waals surface area contributed by atoms with E-state index in [0.717, 1.165) is 19.4 Å². The van der Waals surface area contributed by atoms with Gasteiger partial charge in [-0.2, -0.15) is 0 Å². The molecule has 0 aliphatic heterocycles. The molecule has 0 aromatic carbocycles. The average molecular weight is 261 g/mol. The summed E-state index contributed by atoms with van der Waals surface area (Å²) in [6, 6.07) is 0.173. The fraction of sp³-hybridized carbons (Fsp3) is 0.917. The Morgan fingerprint density at radius 2 is 2.17 bits per heavy atom. The number of nitrogens with two attached hydrogens (primary N) is 1. The summed E-state index contributed by atoms with van der Waals surface area (Å²) in [5.41, 5.74) is 5.31. The second-order valence-electron chi connectivity index (χ2n) is 5.09. The van der Waals surface area contributed by atoms with Crippen LogP contribution in [0.15, 0.2) is 5.16 Å². The van der Waals surface area contributed by atoms with Crippen molar-refractivity contribution in [3.05, 3.63) is 0 Å². The highest BCUT2D eigenvalue weighted by atomic mass is 16.5. The summed E-state index contributed by atoms with van der Waals surface area (Å²) < 4.78 is 5.06. The van der Waals surface area contributed by atoms with Crippen molar-refractivity contribution in [2.75, 3.05) is 26.9 Å². The Morgan fingerprint density at radius 3 is 2.67 bits per heavy atom. The molecular formula is C12H27N3O3. The van der Waals surface area contributed by atoms with Gasteiger partial charge in [-0.1, -0.05) is 19.0 Å². The van der Waals surface area contributed by atoms with Gasteiger partial charge >= 0.3 is 0 Å². The topological polar surface area (TPSA) is 100 Å². The first-order valence-corrected chi connectivity index (χ1v) is 6.29. The molecule has 6 heteroatoms. The molecule has 0 radical (unpaired) electrons. The van der Waals surface area contributed by atoms with Crippen LogP contribution in [0.25, 0.3) is 0 Å². The Morgan fingerprint density at radius 1 is 1.50 bits per heavy atom. The summed E-state index contributed by atoms with van der Waals surface area (Å²) in [4.78, 5) is 0. The molecule has 0 bridgehead atoms. The highest BCUT2D eigenvalue weighted by Gasteiger charge is 2.22. The number of nitrogens with one attached hydrogen (secondary N) is 1. The molecule has 1 atom stereocenters. The second kappa shape index (κ2) is 9.13. The third kappa shape index (κ3) is 6.78. The van der Waals surface area contributed by atoms with Crippen molar-refractivity contribution < 1.29 is 15.1 Å². The lowest BCUT2D eigenvalue weighted by Gasteiger charge is -2.23. The van der Waals surface area contributed by atoms with Crippen molar-refractivity contribution in [2.45, 2.75) is 39.2 Å². The van der Waals surface area contributed by atoms with Crippen LogP contribution in [0.4, 0.5) is 0 Å². The minimum absolute atomic E-state index is 0.149. The predicted octanol–water partition coefficient (Wildman–Crippen LogP) is 0.526. The summed E-state index contributed by atoms with van der Waals surface area (Å²) >= 11 is 0. The quantitative estimate of drug-likeness (QED) is 0.151. The summed E-state index contributed by atoms with van der Waals surface area (Å²) in [7, 11) is 1.65. The van der Waals surface area contributed by atoms with E-state index in [9.17, 15) is 0 Å². The number of ether oxygens (including phenoxy) is 1. The molecule has 0 saturated heterocycles. The van der Waals surface area contributed by atoms with Crippen molar-refractivity contribution >= 4 is 5.84 Å². The third-order valence-electron chi connectivity index (χ3n) is 3.06. The number of amidine groups is 1. The largest absolute Gasteiger partial charge is 0.409 e. The van der Waals surface area contributed by atoms with E-state index in [-0.39, 0.29) is 23.9 Å².